The Hall–Kier alpha value is -2.00. The van der Waals surface area contributed by atoms with Crippen LogP contribution in [0.1, 0.15) is 17.3 Å². The van der Waals surface area contributed by atoms with Crippen molar-refractivity contribution in [1.29, 1.82) is 0 Å². The molecule has 3 nitrogen and oxygen atoms in total. The third-order valence-corrected chi connectivity index (χ3v) is 3.06. The molecule has 1 N–H and O–H groups in total. The number of Topliss-reactive ketones (excluding diaryl/α,β-unsaturated/α-hetero) is 1. The van der Waals surface area contributed by atoms with Gasteiger partial charge < -0.3 is 10.1 Å². The Labute approximate surface area is 123 Å². The van der Waals surface area contributed by atoms with Gasteiger partial charge in [-0.15, -0.1) is 0 Å². The first-order chi connectivity index (χ1) is 9.65. The van der Waals surface area contributed by atoms with E-state index in [-0.39, 0.29) is 5.78 Å². The predicted molar refractivity (Wildman–Crippen MR) is 81.9 cm³/mol. The zero-order chi connectivity index (χ0) is 14.4. The summed E-state index contributed by atoms with van der Waals surface area (Å²) in [6.45, 7) is 2.79. The van der Waals surface area contributed by atoms with Gasteiger partial charge >= 0.3 is 0 Å². The van der Waals surface area contributed by atoms with E-state index in [0.29, 0.717) is 23.7 Å². The van der Waals surface area contributed by atoms with Crippen molar-refractivity contribution in [3.63, 3.8) is 0 Å². The first-order valence-corrected chi connectivity index (χ1v) is 6.76. The van der Waals surface area contributed by atoms with Crippen molar-refractivity contribution in [1.82, 2.24) is 0 Å². The highest BCUT2D eigenvalue weighted by atomic mass is 35.5. The smallest absolute Gasteiger partial charge is 0.159 e. The average molecular weight is 290 g/mol. The van der Waals surface area contributed by atoms with E-state index < -0.39 is 0 Å². The number of carbonyl (C=O) groups is 1. The van der Waals surface area contributed by atoms with E-state index in [4.69, 9.17) is 16.3 Å². The minimum Gasteiger partial charge on any atom is -0.492 e. The van der Waals surface area contributed by atoms with Gasteiger partial charge in [0, 0.05) is 22.8 Å². The number of ether oxygens (including phenoxy) is 1. The highest BCUT2D eigenvalue weighted by Gasteiger charge is 1.99. The van der Waals surface area contributed by atoms with E-state index in [2.05, 4.69) is 5.32 Å². The van der Waals surface area contributed by atoms with Crippen molar-refractivity contribution < 1.29 is 9.53 Å². The number of ketones is 1. The maximum absolute atomic E-state index is 11.1. The molecule has 0 saturated carbocycles. The summed E-state index contributed by atoms with van der Waals surface area (Å²) in [5, 5.41) is 3.93. The molecule has 0 atom stereocenters. The Morgan fingerprint density at radius 3 is 2.35 bits per heavy atom. The van der Waals surface area contributed by atoms with Gasteiger partial charge in [-0.2, -0.15) is 0 Å². The van der Waals surface area contributed by atoms with Crippen LogP contribution in [-0.2, 0) is 0 Å². The number of rotatable bonds is 6. The molecule has 2 aromatic carbocycles. The van der Waals surface area contributed by atoms with Gasteiger partial charge in [0.15, 0.2) is 5.78 Å². The first kappa shape index (κ1) is 14.4. The van der Waals surface area contributed by atoms with Crippen LogP contribution < -0.4 is 10.1 Å². The van der Waals surface area contributed by atoms with Crippen LogP contribution in [0.2, 0.25) is 5.02 Å². The van der Waals surface area contributed by atoms with Gasteiger partial charge in [-0.3, -0.25) is 4.79 Å². The molecule has 4 heteroatoms. The minimum atomic E-state index is 0.0719. The van der Waals surface area contributed by atoms with Crippen LogP contribution >= 0.6 is 11.6 Å². The lowest BCUT2D eigenvalue weighted by Gasteiger charge is -2.09. The molecule has 2 aromatic rings. The Kier molecular flexibility index (Phi) is 5.02. The zero-order valence-corrected chi connectivity index (χ0v) is 12.0. The Balaban J connectivity index is 1.75. The average Bonchev–Trinajstić information content (AvgIpc) is 2.46. The zero-order valence-electron chi connectivity index (χ0n) is 11.2. The second kappa shape index (κ2) is 6.96. The lowest BCUT2D eigenvalue weighted by Crippen LogP contribution is -2.11. The topological polar surface area (TPSA) is 38.3 Å². The number of carbonyl (C=O) groups excluding carboxylic acids is 1. The van der Waals surface area contributed by atoms with Crippen molar-refractivity contribution >= 4 is 23.1 Å². The minimum absolute atomic E-state index is 0.0719. The van der Waals surface area contributed by atoms with E-state index in [1.165, 1.54) is 0 Å². The van der Waals surface area contributed by atoms with E-state index in [0.717, 1.165) is 11.4 Å². The van der Waals surface area contributed by atoms with Gasteiger partial charge in [-0.05, 0) is 55.5 Å². The molecule has 0 spiro atoms. The maximum atomic E-state index is 11.1. The largest absolute Gasteiger partial charge is 0.492 e. The molecule has 104 valence electrons. The van der Waals surface area contributed by atoms with Gasteiger partial charge in [0.25, 0.3) is 0 Å². The molecule has 0 aliphatic heterocycles. The van der Waals surface area contributed by atoms with Crippen LogP contribution in [-0.4, -0.2) is 18.9 Å². The maximum Gasteiger partial charge on any atom is 0.159 e. The van der Waals surface area contributed by atoms with Gasteiger partial charge in [-0.25, -0.2) is 0 Å². The summed E-state index contributed by atoms with van der Waals surface area (Å²) in [4.78, 5) is 11.1. The van der Waals surface area contributed by atoms with E-state index >= 15 is 0 Å². The molecule has 0 radical (unpaired) electrons. The fraction of sp³-hybridized carbons (Fsp3) is 0.188. The lowest BCUT2D eigenvalue weighted by atomic mass is 10.1. The molecule has 0 unspecified atom stereocenters. The number of anilines is 1. The lowest BCUT2D eigenvalue weighted by molar-refractivity contribution is 0.101. The van der Waals surface area contributed by atoms with Crippen LogP contribution in [0.3, 0.4) is 0 Å². The summed E-state index contributed by atoms with van der Waals surface area (Å²) in [6.07, 6.45) is 0. The number of benzene rings is 2. The number of halogens is 1. The SMILES string of the molecule is CC(=O)c1ccc(NCCOc2ccc(Cl)cc2)cc1. The standard InChI is InChI=1S/C16H16ClNO2/c1-12(19)13-2-6-15(7-3-13)18-10-11-20-16-8-4-14(17)5-9-16/h2-9,18H,10-11H2,1H3. The highest BCUT2D eigenvalue weighted by Crippen LogP contribution is 2.15. The Bertz CT molecular complexity index is 564. The van der Waals surface area contributed by atoms with Crippen molar-refractivity contribution in [2.45, 2.75) is 6.92 Å². The summed E-state index contributed by atoms with van der Waals surface area (Å²) >= 11 is 5.80. The summed E-state index contributed by atoms with van der Waals surface area (Å²) < 4.78 is 5.57. The van der Waals surface area contributed by atoms with Gasteiger partial charge in [0.05, 0.1) is 0 Å². The Morgan fingerprint density at radius 1 is 1.10 bits per heavy atom. The molecule has 0 fully saturated rings. The molecule has 20 heavy (non-hydrogen) atoms. The molecule has 0 aliphatic carbocycles. The normalized spacial score (nSPS) is 10.1. The second-order valence-corrected chi connectivity index (χ2v) is 4.80. The number of hydrogen-bond acceptors (Lipinski definition) is 3. The van der Waals surface area contributed by atoms with Gasteiger partial charge in [-0.1, -0.05) is 11.6 Å². The molecule has 0 aromatic heterocycles. The number of hydrogen-bond donors (Lipinski definition) is 1. The van der Waals surface area contributed by atoms with Crippen LogP contribution in [0.25, 0.3) is 0 Å². The molecule has 0 amide bonds. The summed E-state index contributed by atoms with van der Waals surface area (Å²) in [5.41, 5.74) is 1.68. The van der Waals surface area contributed by atoms with Crippen molar-refractivity contribution in [2.24, 2.45) is 0 Å². The summed E-state index contributed by atoms with van der Waals surface area (Å²) in [7, 11) is 0. The quantitative estimate of drug-likeness (QED) is 0.644. The summed E-state index contributed by atoms with van der Waals surface area (Å²) in [5.74, 6) is 0.866. The molecule has 0 bridgehead atoms. The third kappa shape index (κ3) is 4.28. The predicted octanol–water partition coefficient (Wildman–Crippen LogP) is 4.03. The highest BCUT2D eigenvalue weighted by molar-refractivity contribution is 6.30. The first-order valence-electron chi connectivity index (χ1n) is 6.38. The molecular formula is C16H16ClNO2. The van der Waals surface area contributed by atoms with Crippen LogP contribution in [0, 0.1) is 0 Å². The second-order valence-electron chi connectivity index (χ2n) is 4.36. The van der Waals surface area contributed by atoms with Crippen molar-refractivity contribution in [3.05, 3.63) is 59.1 Å². The molecule has 0 heterocycles. The van der Waals surface area contributed by atoms with Crippen molar-refractivity contribution in [3.8, 4) is 5.75 Å². The molecule has 0 aliphatic rings. The van der Waals surface area contributed by atoms with Gasteiger partial charge in [0.2, 0.25) is 0 Å². The van der Waals surface area contributed by atoms with E-state index in [1.807, 2.05) is 36.4 Å². The van der Waals surface area contributed by atoms with E-state index in [9.17, 15) is 4.79 Å². The van der Waals surface area contributed by atoms with Crippen molar-refractivity contribution in [2.75, 3.05) is 18.5 Å². The fourth-order valence-corrected chi connectivity index (χ4v) is 1.84. The Morgan fingerprint density at radius 2 is 1.75 bits per heavy atom. The van der Waals surface area contributed by atoms with Crippen LogP contribution in [0.15, 0.2) is 48.5 Å². The molecular weight excluding hydrogens is 274 g/mol. The summed E-state index contributed by atoms with van der Waals surface area (Å²) in [6, 6.07) is 14.7. The van der Waals surface area contributed by atoms with E-state index in [1.54, 1.807) is 19.1 Å². The monoisotopic (exact) mass is 289 g/mol. The molecule has 0 saturated heterocycles. The van der Waals surface area contributed by atoms with Gasteiger partial charge in [0.1, 0.15) is 12.4 Å². The fourth-order valence-electron chi connectivity index (χ4n) is 1.72. The van der Waals surface area contributed by atoms with Crippen LogP contribution in [0.4, 0.5) is 5.69 Å². The number of nitrogens with one attached hydrogen (secondary N) is 1. The third-order valence-electron chi connectivity index (χ3n) is 2.80. The van der Waals surface area contributed by atoms with Crippen LogP contribution in [0.5, 0.6) is 5.75 Å². The molecule has 2 rings (SSSR count).